The number of sulfonamides is 2. The van der Waals surface area contributed by atoms with E-state index in [4.69, 9.17) is 4.74 Å². The molecule has 37 heavy (non-hydrogen) atoms. The molecule has 2 amide bonds. The summed E-state index contributed by atoms with van der Waals surface area (Å²) >= 11 is 0. The maximum Gasteiger partial charge on any atom is 0.333 e. The van der Waals surface area contributed by atoms with Crippen molar-refractivity contribution in [1.82, 2.24) is 9.03 Å². The Morgan fingerprint density at radius 1 is 0.973 bits per heavy atom. The molecule has 9 nitrogen and oxygen atoms in total. The van der Waals surface area contributed by atoms with Crippen LogP contribution in [0.4, 0.5) is 10.5 Å². The molecule has 5 rings (SSSR count). The Kier molecular flexibility index (Phi) is 7.03. The monoisotopic (exact) mass is 545 g/mol. The third-order valence-electron chi connectivity index (χ3n) is 7.34. The molecule has 2 aromatic carbocycles. The number of fused-ring (bicyclic) bond motifs is 2. The number of hydrogen-bond donors (Lipinski definition) is 2. The van der Waals surface area contributed by atoms with Crippen molar-refractivity contribution in [2.45, 2.75) is 62.3 Å². The number of aryl methyl sites for hydroxylation is 2. The molecular formula is C26H31N3O6S2. The third-order valence-corrected chi connectivity index (χ3v) is 10.3. The van der Waals surface area contributed by atoms with Crippen molar-refractivity contribution >= 4 is 31.8 Å². The lowest BCUT2D eigenvalue weighted by molar-refractivity contribution is 0.256. The van der Waals surface area contributed by atoms with Gasteiger partial charge in [0.15, 0.2) is 0 Å². The molecule has 2 N–H and O–H groups in total. The summed E-state index contributed by atoms with van der Waals surface area (Å²) < 4.78 is 60.2. The molecule has 2 aromatic rings. The van der Waals surface area contributed by atoms with Crippen LogP contribution in [-0.2, 0) is 45.7 Å². The number of urea groups is 1. The average Bonchev–Trinajstić information content (AvgIpc) is 3.63. The van der Waals surface area contributed by atoms with Gasteiger partial charge in [-0.2, -0.15) is 4.31 Å². The van der Waals surface area contributed by atoms with Crippen LogP contribution in [0.5, 0.6) is 5.75 Å². The van der Waals surface area contributed by atoms with Crippen molar-refractivity contribution in [2.75, 3.05) is 19.0 Å². The summed E-state index contributed by atoms with van der Waals surface area (Å²) in [6.45, 7) is 0.279. The van der Waals surface area contributed by atoms with Crippen LogP contribution >= 0.6 is 0 Å². The van der Waals surface area contributed by atoms with Gasteiger partial charge in [-0.3, -0.25) is 0 Å². The van der Waals surface area contributed by atoms with Crippen LogP contribution in [-0.4, -0.2) is 46.9 Å². The Bertz CT molecular complexity index is 1420. The van der Waals surface area contributed by atoms with E-state index >= 15 is 0 Å². The highest BCUT2D eigenvalue weighted by Crippen LogP contribution is 2.38. The molecule has 198 valence electrons. The van der Waals surface area contributed by atoms with E-state index in [1.165, 1.54) is 40.8 Å². The number of carbonyl (C=O) groups is 1. The first-order valence-corrected chi connectivity index (χ1v) is 15.5. The molecule has 0 saturated carbocycles. The normalized spacial score (nSPS) is 19.6. The van der Waals surface area contributed by atoms with E-state index < -0.39 is 32.1 Å². The van der Waals surface area contributed by atoms with Gasteiger partial charge < -0.3 is 10.1 Å². The van der Waals surface area contributed by atoms with Crippen LogP contribution in [0, 0.1) is 0 Å². The van der Waals surface area contributed by atoms with Crippen LogP contribution < -0.4 is 14.8 Å². The summed E-state index contributed by atoms with van der Waals surface area (Å²) in [7, 11) is -6.47. The lowest BCUT2D eigenvalue weighted by Gasteiger charge is -2.22. The van der Waals surface area contributed by atoms with E-state index in [2.05, 4.69) is 16.1 Å². The lowest BCUT2D eigenvalue weighted by atomic mass is 9.99. The van der Waals surface area contributed by atoms with Crippen LogP contribution in [0.15, 0.2) is 46.7 Å². The Hall–Kier alpha value is -2.89. The Morgan fingerprint density at radius 2 is 1.62 bits per heavy atom. The second kappa shape index (κ2) is 10.1. The Morgan fingerprint density at radius 3 is 2.24 bits per heavy atom. The van der Waals surface area contributed by atoms with Gasteiger partial charge in [-0.15, -0.1) is 0 Å². The van der Waals surface area contributed by atoms with E-state index in [0.717, 1.165) is 60.7 Å². The number of hydrogen-bond acceptors (Lipinski definition) is 6. The summed E-state index contributed by atoms with van der Waals surface area (Å²) in [6.07, 6.45) is 8.13. The standard InChI is InChI=1S/C26H31N3O6S2/c1-35-21-10-12-22(13-11-21)37(33,34)29-15-4-7-20(29)14-16-36(31,32)28-26(30)27-25-23-8-2-5-18(23)17-19-6-3-9-24(19)25/h10-14,16-17,20H,2-9,15H2,1H3,(H2,27,28,30). The molecule has 0 spiro atoms. The highest BCUT2D eigenvalue weighted by molar-refractivity contribution is 7.93. The SMILES string of the molecule is COc1ccc(S(=O)(=O)N2CCCC2C=CS(=O)(=O)NC(=O)Nc2c3c(cc4c2CCC4)CCC3)cc1. The number of anilines is 1. The van der Waals surface area contributed by atoms with Crippen LogP contribution in [0.2, 0.25) is 0 Å². The lowest BCUT2D eigenvalue weighted by Crippen LogP contribution is -2.36. The van der Waals surface area contributed by atoms with E-state index in [1.807, 2.05) is 0 Å². The van der Waals surface area contributed by atoms with Gasteiger partial charge in [0.1, 0.15) is 5.75 Å². The van der Waals surface area contributed by atoms with E-state index in [-0.39, 0.29) is 11.4 Å². The van der Waals surface area contributed by atoms with Crippen molar-refractivity contribution in [3.63, 3.8) is 0 Å². The van der Waals surface area contributed by atoms with Crippen molar-refractivity contribution in [3.05, 3.63) is 64.1 Å². The Balaban J connectivity index is 1.28. The molecule has 1 saturated heterocycles. The number of ether oxygens (including phenoxy) is 1. The molecule has 11 heteroatoms. The number of nitrogens with zero attached hydrogens (tertiary/aromatic N) is 1. The van der Waals surface area contributed by atoms with Crippen molar-refractivity contribution in [2.24, 2.45) is 0 Å². The molecule has 0 aromatic heterocycles. The second-order valence-electron chi connectivity index (χ2n) is 9.66. The van der Waals surface area contributed by atoms with Crippen molar-refractivity contribution in [3.8, 4) is 5.75 Å². The van der Waals surface area contributed by atoms with Gasteiger partial charge in [0.25, 0.3) is 10.0 Å². The average molecular weight is 546 g/mol. The summed E-state index contributed by atoms with van der Waals surface area (Å²) in [5.74, 6) is 0.540. The molecule has 1 unspecified atom stereocenters. The number of carbonyl (C=O) groups excluding carboxylic acids is 1. The minimum atomic E-state index is -4.14. The van der Waals surface area contributed by atoms with E-state index in [9.17, 15) is 21.6 Å². The first kappa shape index (κ1) is 25.7. The predicted molar refractivity (Wildman–Crippen MR) is 141 cm³/mol. The van der Waals surface area contributed by atoms with Crippen molar-refractivity contribution in [1.29, 1.82) is 0 Å². The maximum atomic E-state index is 13.2. The predicted octanol–water partition coefficient (Wildman–Crippen LogP) is 3.49. The zero-order chi connectivity index (χ0) is 26.2. The smallest absolute Gasteiger partial charge is 0.333 e. The minimum Gasteiger partial charge on any atom is -0.497 e. The number of benzene rings is 2. The summed E-state index contributed by atoms with van der Waals surface area (Å²) in [5.41, 5.74) is 5.44. The fourth-order valence-corrected chi connectivity index (χ4v) is 8.02. The van der Waals surface area contributed by atoms with Gasteiger partial charge in [-0.1, -0.05) is 12.1 Å². The zero-order valence-corrected chi connectivity index (χ0v) is 22.3. The second-order valence-corrected chi connectivity index (χ2v) is 13.1. The number of methoxy groups -OCH3 is 1. The van der Waals surface area contributed by atoms with Gasteiger partial charge >= 0.3 is 6.03 Å². The van der Waals surface area contributed by atoms with Crippen LogP contribution in [0.3, 0.4) is 0 Å². The topological polar surface area (TPSA) is 122 Å². The van der Waals surface area contributed by atoms with E-state index in [0.29, 0.717) is 18.6 Å². The maximum absolute atomic E-state index is 13.2. The van der Waals surface area contributed by atoms with Gasteiger partial charge in [-0.05, 0) is 97.9 Å². The minimum absolute atomic E-state index is 0.108. The molecule has 0 bridgehead atoms. The van der Waals surface area contributed by atoms with Gasteiger partial charge in [0.05, 0.1) is 12.0 Å². The van der Waals surface area contributed by atoms with Gasteiger partial charge in [0.2, 0.25) is 10.0 Å². The molecule has 1 heterocycles. The van der Waals surface area contributed by atoms with Gasteiger partial charge in [-0.25, -0.2) is 26.4 Å². The van der Waals surface area contributed by atoms with Crippen molar-refractivity contribution < 1.29 is 26.4 Å². The third kappa shape index (κ3) is 5.25. The van der Waals surface area contributed by atoms with Gasteiger partial charge in [0, 0.05) is 23.7 Å². The highest BCUT2D eigenvalue weighted by atomic mass is 32.2. The largest absolute Gasteiger partial charge is 0.497 e. The van der Waals surface area contributed by atoms with Crippen LogP contribution in [0.1, 0.15) is 47.9 Å². The molecule has 2 aliphatic carbocycles. The number of amides is 2. The molecule has 1 fully saturated rings. The van der Waals surface area contributed by atoms with E-state index in [1.54, 1.807) is 12.1 Å². The quantitative estimate of drug-likeness (QED) is 0.549. The fraction of sp³-hybridized carbons (Fsp3) is 0.423. The van der Waals surface area contributed by atoms with Crippen LogP contribution in [0.25, 0.3) is 0 Å². The molecular weight excluding hydrogens is 514 g/mol. The summed E-state index contributed by atoms with van der Waals surface area (Å²) in [5, 5.41) is 3.70. The number of nitrogens with one attached hydrogen (secondary N) is 2. The highest BCUT2D eigenvalue weighted by Gasteiger charge is 2.34. The molecule has 0 radical (unpaired) electrons. The first-order chi connectivity index (χ1) is 17.7. The molecule has 3 aliphatic rings. The number of rotatable bonds is 7. The first-order valence-electron chi connectivity index (χ1n) is 12.5. The molecule has 1 atom stereocenters. The zero-order valence-electron chi connectivity index (χ0n) is 20.7. The fourth-order valence-electron chi connectivity index (χ4n) is 5.60. The Labute approximate surface area is 218 Å². The molecule has 1 aliphatic heterocycles. The summed E-state index contributed by atoms with van der Waals surface area (Å²) in [4.78, 5) is 12.8. The summed E-state index contributed by atoms with van der Waals surface area (Å²) in [6, 6.07) is 6.86.